The Labute approximate surface area is 207 Å². The van der Waals surface area contributed by atoms with E-state index in [1.54, 1.807) is 38.1 Å². The van der Waals surface area contributed by atoms with Gasteiger partial charge >= 0.3 is 5.97 Å². The van der Waals surface area contributed by atoms with Crippen molar-refractivity contribution in [2.24, 2.45) is 0 Å². The normalized spacial score (nSPS) is 11.5. The summed E-state index contributed by atoms with van der Waals surface area (Å²) in [7, 11) is -3.84. The van der Waals surface area contributed by atoms with Crippen molar-refractivity contribution in [1.29, 1.82) is 0 Å². The van der Waals surface area contributed by atoms with Gasteiger partial charge in [-0.3, -0.25) is 4.72 Å². The Bertz CT molecular complexity index is 1700. The number of sulfonamides is 1. The maximum absolute atomic E-state index is 12.7. The lowest BCUT2D eigenvalue weighted by atomic mass is 10.0. The molecule has 36 heavy (non-hydrogen) atoms. The number of carbonyl (C=O) groups is 1. The minimum absolute atomic E-state index is 0.0720. The van der Waals surface area contributed by atoms with Crippen LogP contribution in [0.4, 0.5) is 17.2 Å². The molecule has 182 valence electrons. The second-order valence-electron chi connectivity index (χ2n) is 8.00. The number of aromatic nitrogens is 2. The molecule has 0 aliphatic rings. The van der Waals surface area contributed by atoms with Gasteiger partial charge in [0.1, 0.15) is 5.76 Å². The van der Waals surface area contributed by atoms with Crippen LogP contribution in [0.1, 0.15) is 23.0 Å². The van der Waals surface area contributed by atoms with Crippen molar-refractivity contribution in [1.82, 2.24) is 10.1 Å². The molecule has 2 aromatic heterocycles. The summed E-state index contributed by atoms with van der Waals surface area (Å²) in [6.07, 6.45) is 0. The molecule has 2 heterocycles. The zero-order chi connectivity index (χ0) is 25.3. The first kappa shape index (κ1) is 23.3. The molecule has 5 rings (SSSR count). The third-order valence-corrected chi connectivity index (χ3v) is 6.88. The Balaban J connectivity index is 1.53. The van der Waals surface area contributed by atoms with Crippen LogP contribution in [-0.4, -0.2) is 31.1 Å². The van der Waals surface area contributed by atoms with Gasteiger partial charge in [-0.2, -0.15) is 0 Å². The van der Waals surface area contributed by atoms with Gasteiger partial charge in [-0.15, -0.1) is 0 Å². The van der Waals surface area contributed by atoms with Crippen LogP contribution in [0.2, 0.25) is 0 Å². The third-order valence-electron chi connectivity index (χ3n) is 5.51. The molecule has 10 heteroatoms. The van der Waals surface area contributed by atoms with Crippen LogP contribution in [0.5, 0.6) is 0 Å². The van der Waals surface area contributed by atoms with Gasteiger partial charge in [0, 0.05) is 22.5 Å². The molecule has 0 aliphatic heterocycles. The van der Waals surface area contributed by atoms with Crippen molar-refractivity contribution < 1.29 is 22.5 Å². The monoisotopic (exact) mass is 502 g/mol. The first-order valence-corrected chi connectivity index (χ1v) is 12.7. The number of nitrogens with zero attached hydrogens (tertiary/aromatic N) is 2. The summed E-state index contributed by atoms with van der Waals surface area (Å²) in [6.45, 7) is 3.69. The van der Waals surface area contributed by atoms with Crippen molar-refractivity contribution in [3.8, 4) is 0 Å². The Hall–Kier alpha value is -4.44. The van der Waals surface area contributed by atoms with E-state index in [4.69, 9.17) is 14.2 Å². The van der Waals surface area contributed by atoms with E-state index in [2.05, 4.69) is 15.2 Å². The largest absolute Gasteiger partial charge is 0.462 e. The molecule has 2 N–H and O–H groups in total. The highest BCUT2D eigenvalue weighted by Crippen LogP contribution is 2.35. The van der Waals surface area contributed by atoms with Gasteiger partial charge < -0.3 is 14.6 Å². The van der Waals surface area contributed by atoms with Crippen molar-refractivity contribution in [3.05, 3.63) is 84.1 Å². The zero-order valence-electron chi connectivity index (χ0n) is 19.5. The molecule has 0 aliphatic carbocycles. The Morgan fingerprint density at radius 3 is 2.47 bits per heavy atom. The van der Waals surface area contributed by atoms with Gasteiger partial charge in [0.25, 0.3) is 10.0 Å². The fourth-order valence-corrected chi connectivity index (χ4v) is 4.88. The number of carbonyl (C=O) groups excluding carboxylic acids is 1. The summed E-state index contributed by atoms with van der Waals surface area (Å²) in [5.41, 5.74) is 3.00. The van der Waals surface area contributed by atoms with E-state index in [0.717, 1.165) is 16.5 Å². The summed E-state index contributed by atoms with van der Waals surface area (Å²) >= 11 is 0. The molecule has 0 unspecified atom stereocenters. The number of para-hydroxylation sites is 2. The molecule has 3 aromatic carbocycles. The summed E-state index contributed by atoms with van der Waals surface area (Å²) < 4.78 is 38.0. The van der Waals surface area contributed by atoms with Gasteiger partial charge in [0.2, 0.25) is 0 Å². The number of pyridine rings is 1. The van der Waals surface area contributed by atoms with Crippen LogP contribution < -0.4 is 10.0 Å². The molecule has 0 saturated carbocycles. The number of hydrogen-bond acceptors (Lipinski definition) is 8. The number of benzene rings is 3. The molecule has 0 amide bonds. The van der Waals surface area contributed by atoms with Gasteiger partial charge in [-0.25, -0.2) is 18.2 Å². The maximum Gasteiger partial charge on any atom is 0.340 e. The predicted octanol–water partition coefficient (Wildman–Crippen LogP) is 5.41. The molecule has 5 aromatic rings. The molecule has 0 saturated heterocycles. The second-order valence-corrected chi connectivity index (χ2v) is 9.69. The molecule has 0 spiro atoms. The van der Waals surface area contributed by atoms with Gasteiger partial charge in [-0.1, -0.05) is 35.5 Å². The number of nitrogens with one attached hydrogen (secondary N) is 2. The zero-order valence-corrected chi connectivity index (χ0v) is 20.3. The summed E-state index contributed by atoms with van der Waals surface area (Å²) in [6, 6.07) is 20.7. The average Bonchev–Trinajstić information content (AvgIpc) is 3.27. The van der Waals surface area contributed by atoms with Gasteiger partial charge in [0.15, 0.2) is 5.82 Å². The first-order chi connectivity index (χ1) is 17.4. The smallest absolute Gasteiger partial charge is 0.340 e. The number of fused-ring (bicyclic) bond motifs is 2. The highest BCUT2D eigenvalue weighted by Gasteiger charge is 2.18. The Kier molecular flexibility index (Phi) is 6.03. The molecular weight excluding hydrogens is 480 g/mol. The quantitative estimate of drug-likeness (QED) is 0.224. The third kappa shape index (κ3) is 4.46. The fourth-order valence-electron chi connectivity index (χ4n) is 3.89. The van der Waals surface area contributed by atoms with Crippen LogP contribution in [0.3, 0.4) is 0 Å². The van der Waals surface area contributed by atoms with Gasteiger partial charge in [-0.05, 0) is 50.2 Å². The van der Waals surface area contributed by atoms with Crippen LogP contribution in [0, 0.1) is 6.92 Å². The minimum atomic E-state index is -3.84. The second kappa shape index (κ2) is 9.31. The van der Waals surface area contributed by atoms with Crippen LogP contribution in [-0.2, 0) is 14.8 Å². The maximum atomic E-state index is 12.7. The highest BCUT2D eigenvalue weighted by atomic mass is 32.2. The molecule has 0 bridgehead atoms. The Morgan fingerprint density at radius 2 is 1.75 bits per heavy atom. The van der Waals surface area contributed by atoms with Gasteiger partial charge in [0.05, 0.1) is 33.8 Å². The van der Waals surface area contributed by atoms with E-state index >= 15 is 0 Å². The van der Waals surface area contributed by atoms with Crippen molar-refractivity contribution in [2.75, 3.05) is 16.6 Å². The van der Waals surface area contributed by atoms with Crippen LogP contribution in [0.15, 0.2) is 82.2 Å². The Morgan fingerprint density at radius 1 is 1.00 bits per heavy atom. The fraction of sp³-hybridized carbons (Fsp3) is 0.115. The first-order valence-electron chi connectivity index (χ1n) is 11.2. The van der Waals surface area contributed by atoms with E-state index in [9.17, 15) is 13.2 Å². The summed E-state index contributed by atoms with van der Waals surface area (Å²) in [4.78, 5) is 17.4. The lowest BCUT2D eigenvalue weighted by molar-refractivity contribution is 0.0528. The average molecular weight is 503 g/mol. The van der Waals surface area contributed by atoms with Crippen LogP contribution in [0.25, 0.3) is 21.8 Å². The predicted molar refractivity (Wildman–Crippen MR) is 137 cm³/mol. The van der Waals surface area contributed by atoms with Crippen molar-refractivity contribution in [2.45, 2.75) is 18.7 Å². The van der Waals surface area contributed by atoms with E-state index in [1.807, 2.05) is 30.3 Å². The number of rotatable bonds is 7. The van der Waals surface area contributed by atoms with E-state index in [0.29, 0.717) is 28.0 Å². The highest BCUT2D eigenvalue weighted by molar-refractivity contribution is 7.92. The number of aryl methyl sites for hydroxylation is 1. The van der Waals surface area contributed by atoms with Crippen molar-refractivity contribution >= 4 is 55.0 Å². The molecule has 0 radical (unpaired) electrons. The molecular formula is C26H22N4O5S. The summed E-state index contributed by atoms with van der Waals surface area (Å²) in [5.74, 6) is 0.165. The van der Waals surface area contributed by atoms with E-state index in [-0.39, 0.29) is 17.3 Å². The number of anilines is 3. The van der Waals surface area contributed by atoms with Crippen molar-refractivity contribution in [3.63, 3.8) is 0 Å². The lowest BCUT2D eigenvalue weighted by Gasteiger charge is -2.15. The summed E-state index contributed by atoms with van der Waals surface area (Å²) in [5, 5.41) is 8.65. The number of ether oxygens (including phenoxy) is 1. The number of hydrogen-bond donors (Lipinski definition) is 2. The molecule has 0 atom stereocenters. The topological polar surface area (TPSA) is 123 Å². The SMILES string of the molecule is CCOC(=O)c1cccc2c(Nc3ccc(S(=O)(=O)Nc4cc(C)on4)cc3)c3ccccc3nc12. The standard InChI is InChI=1S/C26H22N4O5S/c1-3-34-26(31)21-9-6-8-20-24(19-7-4-5-10-22(19)28-25(20)21)27-17-11-13-18(14-12-17)36(32,33)30-23-15-16(2)35-29-23/h4-15H,3H2,1-2H3,(H,27,28)(H,29,30). The molecule has 0 fully saturated rings. The van der Waals surface area contributed by atoms with Crippen LogP contribution >= 0.6 is 0 Å². The minimum Gasteiger partial charge on any atom is -0.462 e. The van der Waals surface area contributed by atoms with E-state index < -0.39 is 16.0 Å². The van der Waals surface area contributed by atoms with E-state index in [1.165, 1.54) is 18.2 Å². The number of esters is 1. The lowest BCUT2D eigenvalue weighted by Crippen LogP contribution is -2.13. The molecule has 9 nitrogen and oxygen atoms in total.